The first-order chi connectivity index (χ1) is 11.1. The van der Waals surface area contributed by atoms with Gasteiger partial charge in [-0.25, -0.2) is 4.98 Å². The maximum atomic E-state index is 12.5. The van der Waals surface area contributed by atoms with Gasteiger partial charge in [-0.1, -0.05) is 39.8 Å². The van der Waals surface area contributed by atoms with Gasteiger partial charge in [0.05, 0.1) is 23.4 Å². The number of hydrogen-bond donors (Lipinski definition) is 1. The topological polar surface area (TPSA) is 55.0 Å². The number of nitrogens with one attached hydrogen (secondary N) is 1. The summed E-state index contributed by atoms with van der Waals surface area (Å²) in [4.78, 5) is 20.2. The molecular weight excluding hydrogens is 376 g/mol. The average Bonchev–Trinajstić information content (AvgIpc) is 2.95. The van der Waals surface area contributed by atoms with Crippen LogP contribution in [-0.4, -0.2) is 28.1 Å². The number of aromatic amines is 1. The number of benzene rings is 2. The summed E-state index contributed by atoms with van der Waals surface area (Å²) in [7, 11) is 1.63. The van der Waals surface area contributed by atoms with Crippen LogP contribution < -0.4 is 4.74 Å². The molecule has 1 atom stereocenters. The Kier molecular flexibility index (Phi) is 4.73. The number of ether oxygens (including phenoxy) is 1. The lowest BCUT2D eigenvalue weighted by molar-refractivity contribution is 0.0994. The summed E-state index contributed by atoms with van der Waals surface area (Å²) in [5.41, 5.74) is 2.46. The molecular formula is C17H15BrN2O2S. The molecule has 0 aliphatic heterocycles. The van der Waals surface area contributed by atoms with Gasteiger partial charge in [0.2, 0.25) is 0 Å². The van der Waals surface area contributed by atoms with Crippen LogP contribution in [0.2, 0.25) is 0 Å². The molecule has 4 nitrogen and oxygen atoms in total. The van der Waals surface area contributed by atoms with Gasteiger partial charge in [-0.05, 0) is 31.2 Å². The maximum absolute atomic E-state index is 12.5. The molecule has 0 spiro atoms. The molecule has 0 radical (unpaired) electrons. The molecule has 3 rings (SSSR count). The molecule has 118 valence electrons. The van der Waals surface area contributed by atoms with Gasteiger partial charge >= 0.3 is 0 Å². The first-order valence-electron chi connectivity index (χ1n) is 7.07. The molecule has 0 aliphatic rings. The predicted octanol–water partition coefficient (Wildman–Crippen LogP) is 4.70. The van der Waals surface area contributed by atoms with Crippen molar-refractivity contribution in [2.24, 2.45) is 0 Å². The van der Waals surface area contributed by atoms with Gasteiger partial charge in [-0.15, -0.1) is 0 Å². The highest BCUT2D eigenvalue weighted by Crippen LogP contribution is 2.27. The van der Waals surface area contributed by atoms with Crippen LogP contribution in [0.3, 0.4) is 0 Å². The molecule has 0 aliphatic carbocycles. The minimum absolute atomic E-state index is 0.0838. The Bertz CT molecular complexity index is 845. The molecule has 0 saturated carbocycles. The third-order valence-electron chi connectivity index (χ3n) is 3.45. The number of nitrogens with zero attached hydrogens (tertiary/aromatic N) is 1. The molecule has 6 heteroatoms. The second-order valence-electron chi connectivity index (χ2n) is 5.06. The number of rotatable bonds is 5. The van der Waals surface area contributed by atoms with Crippen molar-refractivity contribution in [2.45, 2.75) is 17.3 Å². The summed E-state index contributed by atoms with van der Waals surface area (Å²) in [5.74, 6) is 0.859. The minimum atomic E-state index is -0.223. The smallest absolute Gasteiger partial charge is 0.175 e. The summed E-state index contributed by atoms with van der Waals surface area (Å²) in [6, 6.07) is 13.1. The second-order valence-corrected chi connectivity index (χ2v) is 7.30. The first kappa shape index (κ1) is 16.1. The Morgan fingerprint density at radius 1 is 1.26 bits per heavy atom. The molecule has 23 heavy (non-hydrogen) atoms. The molecule has 0 unspecified atom stereocenters. The lowest BCUT2D eigenvalue weighted by Gasteiger charge is -2.08. The van der Waals surface area contributed by atoms with Crippen LogP contribution in [0.15, 0.2) is 52.1 Å². The average molecular weight is 391 g/mol. The summed E-state index contributed by atoms with van der Waals surface area (Å²) in [6.07, 6.45) is 0. The monoisotopic (exact) mass is 390 g/mol. The highest BCUT2D eigenvalue weighted by Gasteiger charge is 2.18. The van der Waals surface area contributed by atoms with E-state index in [-0.39, 0.29) is 11.0 Å². The van der Waals surface area contributed by atoms with E-state index in [0.717, 1.165) is 26.4 Å². The van der Waals surface area contributed by atoms with Gasteiger partial charge in [-0.3, -0.25) is 4.79 Å². The van der Waals surface area contributed by atoms with E-state index in [2.05, 4.69) is 25.9 Å². The van der Waals surface area contributed by atoms with Gasteiger partial charge in [-0.2, -0.15) is 0 Å². The van der Waals surface area contributed by atoms with Crippen molar-refractivity contribution in [1.29, 1.82) is 0 Å². The Hall–Kier alpha value is -1.79. The van der Waals surface area contributed by atoms with Gasteiger partial charge in [0.25, 0.3) is 0 Å². The summed E-state index contributed by atoms with van der Waals surface area (Å²) in [6.45, 7) is 1.89. The molecule has 3 aromatic rings. The van der Waals surface area contributed by atoms with Crippen LogP contribution in [-0.2, 0) is 0 Å². The van der Waals surface area contributed by atoms with Crippen LogP contribution in [0.25, 0.3) is 11.0 Å². The summed E-state index contributed by atoms with van der Waals surface area (Å²) in [5, 5.41) is 0.504. The number of carbonyl (C=O) groups excluding carboxylic acids is 1. The molecule has 2 aromatic carbocycles. The minimum Gasteiger partial charge on any atom is -0.497 e. The molecule has 1 heterocycles. The lowest BCUT2D eigenvalue weighted by atomic mass is 10.1. The van der Waals surface area contributed by atoms with Gasteiger partial charge in [0, 0.05) is 16.1 Å². The quantitative estimate of drug-likeness (QED) is 0.506. The van der Waals surface area contributed by atoms with Crippen LogP contribution in [0, 0.1) is 0 Å². The largest absolute Gasteiger partial charge is 0.497 e. The fourth-order valence-electron chi connectivity index (χ4n) is 2.22. The van der Waals surface area contributed by atoms with E-state index in [9.17, 15) is 4.79 Å². The number of ketones is 1. The normalized spacial score (nSPS) is 12.3. The van der Waals surface area contributed by atoms with Gasteiger partial charge < -0.3 is 9.72 Å². The van der Waals surface area contributed by atoms with E-state index in [1.807, 2.05) is 49.4 Å². The van der Waals surface area contributed by atoms with Gasteiger partial charge in [0.15, 0.2) is 10.9 Å². The highest BCUT2D eigenvalue weighted by molar-refractivity contribution is 9.10. The molecule has 1 N–H and O–H groups in total. The van der Waals surface area contributed by atoms with E-state index >= 15 is 0 Å². The van der Waals surface area contributed by atoms with E-state index in [1.54, 1.807) is 7.11 Å². The number of thioether (sulfide) groups is 1. The third-order valence-corrected chi connectivity index (χ3v) is 4.97. The Morgan fingerprint density at radius 2 is 2.00 bits per heavy atom. The summed E-state index contributed by atoms with van der Waals surface area (Å²) < 4.78 is 6.16. The van der Waals surface area contributed by atoms with Crippen LogP contribution in [0.5, 0.6) is 5.75 Å². The van der Waals surface area contributed by atoms with Crippen LogP contribution in [0.4, 0.5) is 0 Å². The lowest BCUT2D eigenvalue weighted by Crippen LogP contribution is -2.13. The van der Waals surface area contributed by atoms with Crippen molar-refractivity contribution in [3.63, 3.8) is 0 Å². The van der Waals surface area contributed by atoms with E-state index in [4.69, 9.17) is 4.74 Å². The number of imidazole rings is 1. The Balaban J connectivity index is 1.77. The number of H-pyrrole nitrogens is 1. The van der Waals surface area contributed by atoms with Crippen molar-refractivity contribution < 1.29 is 9.53 Å². The van der Waals surface area contributed by atoms with E-state index in [0.29, 0.717) is 5.56 Å². The van der Waals surface area contributed by atoms with E-state index in [1.165, 1.54) is 11.8 Å². The second kappa shape index (κ2) is 6.76. The zero-order chi connectivity index (χ0) is 16.4. The first-order valence-corrected chi connectivity index (χ1v) is 8.74. The Morgan fingerprint density at radius 3 is 2.70 bits per heavy atom. The van der Waals surface area contributed by atoms with Crippen molar-refractivity contribution >= 4 is 44.5 Å². The fourth-order valence-corrected chi connectivity index (χ4v) is 3.38. The Labute approximate surface area is 146 Å². The molecule has 0 fully saturated rings. The maximum Gasteiger partial charge on any atom is 0.175 e. The number of halogens is 1. The molecule has 1 aromatic heterocycles. The highest BCUT2D eigenvalue weighted by atomic mass is 79.9. The standard InChI is InChI=1S/C17H15BrN2O2S/c1-10(16(21)11-3-5-12(18)6-4-11)23-17-19-14-8-7-13(22-2)9-15(14)20-17/h3-10H,1-2H3,(H,19,20)/t10-/m0/s1. The van der Waals surface area contributed by atoms with E-state index < -0.39 is 0 Å². The number of methoxy groups -OCH3 is 1. The third kappa shape index (κ3) is 3.59. The zero-order valence-corrected chi connectivity index (χ0v) is 15.1. The van der Waals surface area contributed by atoms with Crippen molar-refractivity contribution in [3.05, 3.63) is 52.5 Å². The van der Waals surface area contributed by atoms with Crippen molar-refractivity contribution in [3.8, 4) is 5.75 Å². The van der Waals surface area contributed by atoms with Crippen molar-refractivity contribution in [2.75, 3.05) is 7.11 Å². The molecule has 0 amide bonds. The summed E-state index contributed by atoms with van der Waals surface area (Å²) >= 11 is 4.80. The predicted molar refractivity (Wildman–Crippen MR) is 96.4 cm³/mol. The zero-order valence-electron chi connectivity index (χ0n) is 12.7. The van der Waals surface area contributed by atoms with Crippen LogP contribution >= 0.6 is 27.7 Å². The number of fused-ring (bicyclic) bond motifs is 1. The number of Topliss-reactive ketones (excluding diaryl/α,β-unsaturated/α-hetero) is 1. The van der Waals surface area contributed by atoms with Crippen LogP contribution in [0.1, 0.15) is 17.3 Å². The van der Waals surface area contributed by atoms with Gasteiger partial charge in [0.1, 0.15) is 5.75 Å². The van der Waals surface area contributed by atoms with Crippen molar-refractivity contribution in [1.82, 2.24) is 9.97 Å². The molecule has 0 saturated heterocycles. The SMILES string of the molecule is COc1ccc2nc(S[C@@H](C)C(=O)c3ccc(Br)cc3)[nH]c2c1. The number of aromatic nitrogens is 2. The molecule has 0 bridgehead atoms. The number of hydrogen-bond acceptors (Lipinski definition) is 4. The fraction of sp³-hybridized carbons (Fsp3) is 0.176. The number of carbonyl (C=O) groups is 1.